The first-order valence-corrected chi connectivity index (χ1v) is 4.99. The van der Waals surface area contributed by atoms with Gasteiger partial charge in [0.05, 0.1) is 0 Å². The maximum atomic E-state index is 13.4. The van der Waals surface area contributed by atoms with E-state index in [1.54, 1.807) is 0 Å². The van der Waals surface area contributed by atoms with Crippen molar-refractivity contribution in [2.75, 3.05) is 11.4 Å². The molecule has 1 atom stereocenters. The summed E-state index contributed by atoms with van der Waals surface area (Å²) in [4.78, 5) is 12.4. The Labute approximate surface area is 91.3 Å². The van der Waals surface area contributed by atoms with Crippen LogP contribution in [0.25, 0.3) is 0 Å². The second kappa shape index (κ2) is 3.73. The Hall–Kier alpha value is -1.65. The molecule has 0 bridgehead atoms. The number of carbonyl (C=O) groups is 1. The lowest BCUT2D eigenvalue weighted by Gasteiger charge is -2.40. The van der Waals surface area contributed by atoms with Crippen molar-refractivity contribution in [3.63, 3.8) is 0 Å². The van der Waals surface area contributed by atoms with Crippen LogP contribution in [0.2, 0.25) is 0 Å². The second-order valence-electron chi connectivity index (χ2n) is 3.92. The van der Waals surface area contributed by atoms with Gasteiger partial charge in [-0.2, -0.15) is 0 Å². The van der Waals surface area contributed by atoms with Gasteiger partial charge in [0.25, 0.3) is 0 Å². The third kappa shape index (κ3) is 1.62. The van der Waals surface area contributed by atoms with Crippen molar-refractivity contribution < 1.29 is 18.7 Å². The Bertz CT molecular complexity index is 425. The van der Waals surface area contributed by atoms with Crippen LogP contribution in [-0.2, 0) is 0 Å². The number of carboxylic acid groups (broad SMARTS) is 1. The van der Waals surface area contributed by atoms with E-state index in [2.05, 4.69) is 0 Å². The zero-order valence-corrected chi connectivity index (χ0v) is 8.70. The molecule has 1 heterocycles. The Morgan fingerprint density at radius 3 is 2.31 bits per heavy atom. The number of anilines is 1. The minimum atomic E-state index is -1.58. The van der Waals surface area contributed by atoms with Gasteiger partial charge in [-0.3, -0.25) is 0 Å². The van der Waals surface area contributed by atoms with Crippen molar-refractivity contribution in [3.05, 3.63) is 29.3 Å². The monoisotopic (exact) mass is 227 g/mol. The van der Waals surface area contributed by atoms with Crippen molar-refractivity contribution in [1.82, 2.24) is 0 Å². The predicted molar refractivity (Wildman–Crippen MR) is 54.7 cm³/mol. The maximum Gasteiger partial charge on any atom is 0.341 e. The first-order valence-electron chi connectivity index (χ1n) is 4.99. The Morgan fingerprint density at radius 2 is 2.00 bits per heavy atom. The summed E-state index contributed by atoms with van der Waals surface area (Å²) in [5.74, 6) is -3.64. The lowest BCUT2D eigenvalue weighted by molar-refractivity contribution is 0.0686. The van der Waals surface area contributed by atoms with Gasteiger partial charge in [0.1, 0.15) is 17.2 Å². The van der Waals surface area contributed by atoms with E-state index in [0.717, 1.165) is 25.1 Å². The summed E-state index contributed by atoms with van der Waals surface area (Å²) in [5, 5.41) is 8.61. The quantitative estimate of drug-likeness (QED) is 0.842. The van der Waals surface area contributed by atoms with Crippen LogP contribution in [0, 0.1) is 11.6 Å². The van der Waals surface area contributed by atoms with Gasteiger partial charge in [0.15, 0.2) is 0 Å². The number of halogens is 2. The molecular formula is C11H11F2NO2. The molecule has 1 aromatic rings. The molecule has 0 aliphatic carbocycles. The molecule has 3 nitrogen and oxygen atoms in total. The van der Waals surface area contributed by atoms with Gasteiger partial charge in [0, 0.05) is 18.3 Å². The largest absolute Gasteiger partial charge is 0.477 e. The Balaban J connectivity index is 2.41. The molecular weight excluding hydrogens is 216 g/mol. The molecule has 2 rings (SSSR count). The van der Waals surface area contributed by atoms with Crippen LogP contribution in [0.15, 0.2) is 12.1 Å². The van der Waals surface area contributed by atoms with E-state index in [1.165, 1.54) is 0 Å². The topological polar surface area (TPSA) is 40.5 Å². The first-order chi connectivity index (χ1) is 7.50. The number of rotatable bonds is 2. The zero-order chi connectivity index (χ0) is 11.9. The summed E-state index contributed by atoms with van der Waals surface area (Å²) in [6, 6.07) is 2.39. The second-order valence-corrected chi connectivity index (χ2v) is 3.92. The highest BCUT2D eigenvalue weighted by Crippen LogP contribution is 2.29. The van der Waals surface area contributed by atoms with E-state index >= 15 is 0 Å². The highest BCUT2D eigenvalue weighted by atomic mass is 19.1. The molecule has 1 aliphatic heterocycles. The number of nitrogens with zero attached hydrogens (tertiary/aromatic N) is 1. The van der Waals surface area contributed by atoms with Crippen LogP contribution < -0.4 is 4.90 Å². The molecule has 0 radical (unpaired) electrons. The fraction of sp³-hybridized carbons (Fsp3) is 0.364. The molecule has 16 heavy (non-hydrogen) atoms. The molecule has 1 fully saturated rings. The molecule has 0 amide bonds. The van der Waals surface area contributed by atoms with Crippen LogP contribution in [0.1, 0.15) is 23.7 Å². The molecule has 1 N–H and O–H groups in total. The fourth-order valence-corrected chi connectivity index (χ4v) is 1.83. The summed E-state index contributed by atoms with van der Waals surface area (Å²) in [7, 11) is 0. The van der Waals surface area contributed by atoms with Crippen LogP contribution in [0.4, 0.5) is 14.5 Å². The normalized spacial score (nSPS) is 19.4. The Kier molecular flexibility index (Phi) is 2.53. The number of hydrogen-bond acceptors (Lipinski definition) is 2. The van der Waals surface area contributed by atoms with Crippen LogP contribution in [0.3, 0.4) is 0 Å². The van der Waals surface area contributed by atoms with E-state index in [0.29, 0.717) is 5.69 Å². The molecule has 0 spiro atoms. The molecule has 1 aromatic carbocycles. The van der Waals surface area contributed by atoms with Crippen molar-refractivity contribution in [1.29, 1.82) is 0 Å². The third-order valence-corrected chi connectivity index (χ3v) is 2.89. The number of hydrogen-bond donors (Lipinski definition) is 1. The minimum Gasteiger partial charge on any atom is -0.477 e. The minimum absolute atomic E-state index is 0.245. The van der Waals surface area contributed by atoms with Gasteiger partial charge < -0.3 is 10.0 Å². The standard InChI is InChI=1S/C11H11F2NO2/c1-6-2-3-14(6)7-4-8(12)10(11(15)16)9(13)5-7/h4-6H,2-3H2,1H3,(H,15,16). The SMILES string of the molecule is CC1CCN1c1cc(F)c(C(=O)O)c(F)c1. The molecule has 1 saturated heterocycles. The predicted octanol–water partition coefficient (Wildman–Crippen LogP) is 2.26. The molecule has 86 valence electrons. The van der Waals surface area contributed by atoms with E-state index < -0.39 is 23.2 Å². The van der Waals surface area contributed by atoms with Gasteiger partial charge in [-0.1, -0.05) is 0 Å². The number of benzene rings is 1. The van der Waals surface area contributed by atoms with E-state index in [9.17, 15) is 13.6 Å². The molecule has 5 heteroatoms. The van der Waals surface area contributed by atoms with Crippen molar-refractivity contribution >= 4 is 11.7 Å². The van der Waals surface area contributed by atoms with Crippen molar-refractivity contribution in [3.8, 4) is 0 Å². The summed E-state index contributed by atoms with van der Waals surface area (Å²) in [6.07, 6.45) is 0.976. The molecule has 1 unspecified atom stereocenters. The van der Waals surface area contributed by atoms with E-state index in [4.69, 9.17) is 5.11 Å². The third-order valence-electron chi connectivity index (χ3n) is 2.89. The van der Waals surface area contributed by atoms with Crippen molar-refractivity contribution in [2.24, 2.45) is 0 Å². The number of aromatic carboxylic acids is 1. The highest BCUT2D eigenvalue weighted by Gasteiger charge is 2.26. The zero-order valence-electron chi connectivity index (χ0n) is 8.70. The van der Waals surface area contributed by atoms with E-state index in [1.807, 2.05) is 11.8 Å². The molecule has 1 aliphatic rings. The average molecular weight is 227 g/mol. The summed E-state index contributed by atoms with van der Waals surface area (Å²) in [6.45, 7) is 2.69. The van der Waals surface area contributed by atoms with Crippen LogP contribution in [0.5, 0.6) is 0 Å². The maximum absolute atomic E-state index is 13.4. The van der Waals surface area contributed by atoms with Crippen molar-refractivity contribution in [2.45, 2.75) is 19.4 Å². The van der Waals surface area contributed by atoms with Gasteiger partial charge >= 0.3 is 5.97 Å². The fourth-order valence-electron chi connectivity index (χ4n) is 1.83. The van der Waals surface area contributed by atoms with Gasteiger partial charge in [0.2, 0.25) is 0 Å². The smallest absolute Gasteiger partial charge is 0.341 e. The highest BCUT2D eigenvalue weighted by molar-refractivity contribution is 5.88. The summed E-state index contributed by atoms with van der Waals surface area (Å²) >= 11 is 0. The lowest BCUT2D eigenvalue weighted by Crippen LogP contribution is -2.45. The summed E-state index contributed by atoms with van der Waals surface area (Å²) < 4.78 is 26.7. The lowest BCUT2D eigenvalue weighted by atomic mass is 10.0. The van der Waals surface area contributed by atoms with Gasteiger partial charge in [-0.05, 0) is 25.5 Å². The average Bonchev–Trinajstić information content (AvgIpc) is 2.13. The molecule has 0 aromatic heterocycles. The van der Waals surface area contributed by atoms with E-state index in [-0.39, 0.29) is 6.04 Å². The van der Waals surface area contributed by atoms with Crippen LogP contribution >= 0.6 is 0 Å². The number of carboxylic acids is 1. The van der Waals surface area contributed by atoms with Crippen LogP contribution in [-0.4, -0.2) is 23.7 Å². The molecule has 0 saturated carbocycles. The van der Waals surface area contributed by atoms with Gasteiger partial charge in [-0.15, -0.1) is 0 Å². The Morgan fingerprint density at radius 1 is 1.44 bits per heavy atom. The first kappa shape index (κ1) is 10.9. The summed E-state index contributed by atoms with van der Waals surface area (Å²) in [5.41, 5.74) is -0.490. The van der Waals surface area contributed by atoms with Gasteiger partial charge in [-0.25, -0.2) is 13.6 Å².